The van der Waals surface area contributed by atoms with E-state index in [-0.39, 0.29) is 17.5 Å². The standard InChI is InChI=1S/C24H25FN6O3S2/c1-3-30(4-2)23(32)16-18-15-22(31(28-18)19-8-6-5-7-9-19)27-17-10-11-21(20(25)14-17)36(33,34)29-24-26-12-13-35-24/h5-15,27H,3-4,16H2,1-2H3,(H,26,29). The minimum absolute atomic E-state index is 0.0439. The van der Waals surface area contributed by atoms with Crippen molar-refractivity contribution in [1.82, 2.24) is 19.7 Å². The van der Waals surface area contributed by atoms with Crippen LogP contribution in [0.15, 0.2) is 71.1 Å². The number of hydrogen-bond acceptors (Lipinski definition) is 7. The molecular formula is C24H25FN6O3S2. The van der Waals surface area contributed by atoms with Crippen LogP contribution in [-0.2, 0) is 21.2 Å². The van der Waals surface area contributed by atoms with Crippen LogP contribution in [0.2, 0.25) is 0 Å². The Morgan fingerprint density at radius 1 is 1.11 bits per heavy atom. The van der Waals surface area contributed by atoms with Gasteiger partial charge in [0.15, 0.2) is 5.13 Å². The lowest BCUT2D eigenvalue weighted by Gasteiger charge is -2.17. The van der Waals surface area contributed by atoms with Gasteiger partial charge in [-0.2, -0.15) is 5.10 Å². The van der Waals surface area contributed by atoms with E-state index in [4.69, 9.17) is 0 Å². The van der Waals surface area contributed by atoms with Crippen LogP contribution in [-0.4, -0.2) is 47.1 Å². The minimum Gasteiger partial charge on any atom is -0.343 e. The van der Waals surface area contributed by atoms with Crippen molar-refractivity contribution in [3.8, 4) is 5.69 Å². The first-order valence-electron chi connectivity index (χ1n) is 11.2. The molecule has 0 radical (unpaired) electrons. The summed E-state index contributed by atoms with van der Waals surface area (Å²) in [5.74, 6) is -0.469. The molecule has 0 fully saturated rings. The van der Waals surface area contributed by atoms with Gasteiger partial charge in [-0.25, -0.2) is 22.5 Å². The highest BCUT2D eigenvalue weighted by Crippen LogP contribution is 2.26. The zero-order chi connectivity index (χ0) is 25.7. The molecule has 2 aromatic heterocycles. The third-order valence-electron chi connectivity index (χ3n) is 5.36. The Bertz CT molecular complexity index is 1440. The SMILES string of the molecule is CCN(CC)C(=O)Cc1cc(Nc2ccc(S(=O)(=O)Nc3nccs3)c(F)c2)n(-c2ccccc2)n1. The number of nitrogens with one attached hydrogen (secondary N) is 2. The van der Waals surface area contributed by atoms with Gasteiger partial charge in [-0.3, -0.25) is 9.52 Å². The van der Waals surface area contributed by atoms with E-state index in [1.54, 1.807) is 21.0 Å². The molecule has 12 heteroatoms. The lowest BCUT2D eigenvalue weighted by molar-refractivity contribution is -0.130. The smallest absolute Gasteiger partial charge is 0.266 e. The van der Waals surface area contributed by atoms with Gasteiger partial charge < -0.3 is 10.2 Å². The van der Waals surface area contributed by atoms with E-state index in [9.17, 15) is 17.6 Å². The van der Waals surface area contributed by atoms with Gasteiger partial charge in [-0.05, 0) is 44.2 Å². The molecule has 0 bridgehead atoms. The number of halogens is 1. The number of hydrogen-bond donors (Lipinski definition) is 2. The van der Waals surface area contributed by atoms with Gasteiger partial charge in [0.2, 0.25) is 5.91 Å². The Labute approximate surface area is 212 Å². The van der Waals surface area contributed by atoms with E-state index in [0.717, 1.165) is 23.1 Å². The first-order chi connectivity index (χ1) is 17.3. The van der Waals surface area contributed by atoms with Crippen molar-refractivity contribution in [1.29, 1.82) is 0 Å². The molecule has 188 valence electrons. The maximum absolute atomic E-state index is 14.9. The second kappa shape index (κ2) is 10.9. The molecule has 9 nitrogen and oxygen atoms in total. The summed E-state index contributed by atoms with van der Waals surface area (Å²) in [5.41, 5.74) is 1.61. The van der Waals surface area contributed by atoms with Gasteiger partial charge in [0.25, 0.3) is 10.0 Å². The second-order valence-corrected chi connectivity index (χ2v) is 10.3. The number of anilines is 3. The summed E-state index contributed by atoms with van der Waals surface area (Å²) in [6, 6.07) is 14.8. The van der Waals surface area contributed by atoms with Crippen molar-refractivity contribution in [3.05, 3.63) is 77.7 Å². The molecule has 0 aliphatic carbocycles. The van der Waals surface area contributed by atoms with Crippen LogP contribution < -0.4 is 10.0 Å². The molecule has 4 rings (SSSR count). The normalized spacial score (nSPS) is 11.3. The van der Waals surface area contributed by atoms with Crippen molar-refractivity contribution >= 4 is 43.9 Å². The van der Waals surface area contributed by atoms with E-state index < -0.39 is 20.7 Å². The van der Waals surface area contributed by atoms with Crippen LogP contribution in [0.5, 0.6) is 0 Å². The predicted octanol–water partition coefficient (Wildman–Crippen LogP) is 4.42. The quantitative estimate of drug-likeness (QED) is 0.315. The zero-order valence-electron chi connectivity index (χ0n) is 19.7. The molecule has 0 atom stereocenters. The Balaban J connectivity index is 1.62. The number of amides is 1. The fraction of sp³-hybridized carbons (Fsp3) is 0.208. The molecule has 0 saturated heterocycles. The molecule has 2 heterocycles. The maximum Gasteiger partial charge on any atom is 0.266 e. The first-order valence-corrected chi connectivity index (χ1v) is 13.6. The summed E-state index contributed by atoms with van der Waals surface area (Å²) in [4.78, 5) is 17.7. The molecule has 0 unspecified atom stereocenters. The van der Waals surface area contributed by atoms with Crippen molar-refractivity contribution in [2.75, 3.05) is 23.1 Å². The summed E-state index contributed by atoms with van der Waals surface area (Å²) in [5, 5.41) is 9.45. The number of carbonyl (C=O) groups is 1. The monoisotopic (exact) mass is 528 g/mol. The van der Waals surface area contributed by atoms with Gasteiger partial charge in [-0.1, -0.05) is 18.2 Å². The molecule has 0 spiro atoms. The molecule has 1 amide bonds. The van der Waals surface area contributed by atoms with Crippen molar-refractivity contribution in [3.63, 3.8) is 0 Å². The lowest BCUT2D eigenvalue weighted by atomic mass is 10.2. The topological polar surface area (TPSA) is 109 Å². The number of likely N-dealkylation sites (N-methyl/N-ethyl adjacent to an activating group) is 1. The van der Waals surface area contributed by atoms with Crippen molar-refractivity contribution < 1.29 is 17.6 Å². The summed E-state index contributed by atoms with van der Waals surface area (Å²) in [6.45, 7) is 5.04. The number of para-hydroxylation sites is 1. The molecule has 2 N–H and O–H groups in total. The first kappa shape index (κ1) is 25.3. The Morgan fingerprint density at radius 3 is 2.50 bits per heavy atom. The summed E-state index contributed by atoms with van der Waals surface area (Å²) >= 11 is 1.09. The van der Waals surface area contributed by atoms with E-state index >= 15 is 0 Å². The number of benzene rings is 2. The van der Waals surface area contributed by atoms with Crippen LogP contribution in [0, 0.1) is 5.82 Å². The molecule has 0 aliphatic rings. The third-order valence-corrected chi connectivity index (χ3v) is 7.55. The minimum atomic E-state index is -4.14. The van der Waals surface area contributed by atoms with Crippen LogP contribution >= 0.6 is 11.3 Å². The molecule has 2 aromatic carbocycles. The fourth-order valence-corrected chi connectivity index (χ4v) is 5.45. The van der Waals surface area contributed by atoms with Crippen LogP contribution in [0.4, 0.5) is 21.0 Å². The van der Waals surface area contributed by atoms with Crippen LogP contribution in [0.25, 0.3) is 5.69 Å². The number of nitrogens with zero attached hydrogens (tertiary/aromatic N) is 4. The third kappa shape index (κ3) is 5.71. The highest BCUT2D eigenvalue weighted by atomic mass is 32.2. The van der Waals surface area contributed by atoms with Crippen LogP contribution in [0.3, 0.4) is 0 Å². The highest BCUT2D eigenvalue weighted by Gasteiger charge is 2.21. The Morgan fingerprint density at radius 2 is 1.86 bits per heavy atom. The summed E-state index contributed by atoms with van der Waals surface area (Å²) in [6.07, 6.45) is 1.57. The molecular weight excluding hydrogens is 503 g/mol. The van der Waals surface area contributed by atoms with Crippen LogP contribution in [0.1, 0.15) is 19.5 Å². The van der Waals surface area contributed by atoms with Gasteiger partial charge >= 0.3 is 0 Å². The molecule has 0 saturated carbocycles. The molecule has 4 aromatic rings. The number of aromatic nitrogens is 3. The number of thiazole rings is 1. The lowest BCUT2D eigenvalue weighted by Crippen LogP contribution is -2.31. The van der Waals surface area contributed by atoms with E-state index in [1.165, 1.54) is 18.3 Å². The highest BCUT2D eigenvalue weighted by molar-refractivity contribution is 7.93. The predicted molar refractivity (Wildman–Crippen MR) is 138 cm³/mol. The van der Waals surface area contributed by atoms with Gasteiger partial charge in [0.1, 0.15) is 16.5 Å². The summed E-state index contributed by atoms with van der Waals surface area (Å²) < 4.78 is 44.0. The maximum atomic E-state index is 14.9. The average Bonchev–Trinajstić information content (AvgIpc) is 3.50. The fourth-order valence-electron chi connectivity index (χ4n) is 3.60. The van der Waals surface area contributed by atoms with Gasteiger partial charge in [0, 0.05) is 36.4 Å². The number of sulfonamides is 1. The van der Waals surface area contributed by atoms with Crippen molar-refractivity contribution in [2.45, 2.75) is 25.2 Å². The Kier molecular flexibility index (Phi) is 7.65. The van der Waals surface area contributed by atoms with Crippen molar-refractivity contribution in [2.24, 2.45) is 0 Å². The van der Waals surface area contributed by atoms with E-state index in [2.05, 4.69) is 20.1 Å². The zero-order valence-corrected chi connectivity index (χ0v) is 21.3. The molecule has 0 aliphatic heterocycles. The van der Waals surface area contributed by atoms with E-state index in [1.807, 2.05) is 44.2 Å². The van der Waals surface area contributed by atoms with E-state index in [0.29, 0.717) is 30.3 Å². The average molecular weight is 529 g/mol. The largest absolute Gasteiger partial charge is 0.343 e. The summed E-state index contributed by atoms with van der Waals surface area (Å²) in [7, 11) is -4.14. The van der Waals surface area contributed by atoms with Gasteiger partial charge in [-0.15, -0.1) is 11.3 Å². The second-order valence-electron chi connectivity index (χ2n) is 7.72. The molecule has 36 heavy (non-hydrogen) atoms. The number of rotatable bonds is 10. The Hall–Kier alpha value is -3.77. The number of carbonyl (C=O) groups excluding carboxylic acids is 1. The van der Waals surface area contributed by atoms with Gasteiger partial charge in [0.05, 0.1) is 17.8 Å².